The van der Waals surface area contributed by atoms with Crippen LogP contribution in [-0.2, 0) is 19.3 Å². The molecule has 0 aromatic heterocycles. The van der Waals surface area contributed by atoms with Crippen molar-refractivity contribution in [2.45, 2.75) is 72.6 Å². The van der Waals surface area contributed by atoms with Crippen molar-refractivity contribution >= 4 is 0 Å². The largest absolute Gasteiger partial charge is 0.507 e. The van der Waals surface area contributed by atoms with Crippen LogP contribution < -0.4 is 0 Å². The molecule has 2 N–H and O–H groups in total. The highest BCUT2D eigenvalue weighted by atomic mass is 16.3. The Bertz CT molecular complexity index is 679. The van der Waals surface area contributed by atoms with Crippen molar-refractivity contribution in [1.82, 2.24) is 0 Å². The van der Waals surface area contributed by atoms with Gasteiger partial charge < -0.3 is 10.2 Å². The summed E-state index contributed by atoms with van der Waals surface area (Å²) in [7, 11) is 0. The van der Waals surface area contributed by atoms with Crippen LogP contribution in [0.2, 0.25) is 0 Å². The zero-order chi connectivity index (χ0) is 18.7. The summed E-state index contributed by atoms with van der Waals surface area (Å²) in [5.41, 5.74) is 6.25. The monoisotopic (exact) mass is 340 g/mol. The maximum atomic E-state index is 10.7. The van der Waals surface area contributed by atoms with Crippen molar-refractivity contribution in [2.24, 2.45) is 0 Å². The van der Waals surface area contributed by atoms with E-state index in [-0.39, 0.29) is 0 Å². The Morgan fingerprint density at radius 2 is 0.960 bits per heavy atom. The van der Waals surface area contributed by atoms with Gasteiger partial charge in [0.05, 0.1) is 0 Å². The second kappa shape index (κ2) is 7.95. The molecular weight excluding hydrogens is 308 g/mol. The summed E-state index contributed by atoms with van der Waals surface area (Å²) >= 11 is 0. The van der Waals surface area contributed by atoms with Gasteiger partial charge in [-0.2, -0.15) is 0 Å². The molecule has 0 aliphatic rings. The molecule has 136 valence electrons. The first-order valence-electron chi connectivity index (χ1n) is 9.47. The summed E-state index contributed by atoms with van der Waals surface area (Å²) < 4.78 is 0. The Balaban J connectivity index is 2.55. The maximum absolute atomic E-state index is 10.7. The molecule has 0 fully saturated rings. The van der Waals surface area contributed by atoms with E-state index in [2.05, 4.69) is 65.8 Å². The molecule has 2 heteroatoms. The minimum Gasteiger partial charge on any atom is -0.507 e. The summed E-state index contributed by atoms with van der Waals surface area (Å²) in [4.78, 5) is 0. The summed E-state index contributed by atoms with van der Waals surface area (Å²) in [5, 5.41) is 21.3. The topological polar surface area (TPSA) is 40.5 Å². The van der Waals surface area contributed by atoms with Crippen molar-refractivity contribution in [3.63, 3.8) is 0 Å². The smallest absolute Gasteiger partial charge is 0.122 e. The molecule has 0 radical (unpaired) electrons. The van der Waals surface area contributed by atoms with Crippen molar-refractivity contribution in [2.75, 3.05) is 0 Å². The highest BCUT2D eigenvalue weighted by molar-refractivity contribution is 5.51. The highest BCUT2D eigenvalue weighted by Crippen LogP contribution is 2.35. The van der Waals surface area contributed by atoms with E-state index in [1.54, 1.807) is 0 Å². The van der Waals surface area contributed by atoms with Crippen LogP contribution >= 0.6 is 0 Å². The van der Waals surface area contributed by atoms with Crippen molar-refractivity contribution in [1.29, 1.82) is 0 Å². The standard InChI is InChI=1S/C23H32O2/c1-7-16-9-18(14(3)4)11-20(22(16)24)13-21-12-19(15(5)6)10-17(8-2)23(21)25/h9-12,14-15,24-25H,7-8,13H2,1-6H3. The lowest BCUT2D eigenvalue weighted by Crippen LogP contribution is -2.00. The van der Waals surface area contributed by atoms with E-state index in [9.17, 15) is 10.2 Å². The van der Waals surface area contributed by atoms with Crippen molar-refractivity contribution in [3.8, 4) is 11.5 Å². The number of aromatic hydroxyl groups is 2. The van der Waals surface area contributed by atoms with Gasteiger partial charge in [0.1, 0.15) is 11.5 Å². The Morgan fingerprint density at radius 3 is 1.24 bits per heavy atom. The van der Waals surface area contributed by atoms with E-state index in [4.69, 9.17) is 0 Å². The predicted octanol–water partition coefficient (Wildman–Crippen LogP) is 6.06. The van der Waals surface area contributed by atoms with Gasteiger partial charge in [-0.25, -0.2) is 0 Å². The van der Waals surface area contributed by atoms with Crippen molar-refractivity contribution < 1.29 is 10.2 Å². The minimum absolute atomic E-state index is 0.374. The molecule has 0 saturated carbocycles. The molecular formula is C23H32O2. The Labute approximate surface area is 152 Å². The van der Waals surface area contributed by atoms with Crippen LogP contribution in [0.4, 0.5) is 0 Å². The van der Waals surface area contributed by atoms with E-state index in [1.165, 1.54) is 11.1 Å². The molecule has 0 heterocycles. The molecule has 2 aromatic rings. The van der Waals surface area contributed by atoms with Gasteiger partial charge in [0, 0.05) is 6.42 Å². The number of hydrogen-bond acceptors (Lipinski definition) is 2. The average molecular weight is 341 g/mol. The Hall–Kier alpha value is -1.96. The fourth-order valence-corrected chi connectivity index (χ4v) is 3.25. The molecule has 0 aliphatic carbocycles. The number of phenols is 2. The summed E-state index contributed by atoms with van der Waals surface area (Å²) in [6.07, 6.45) is 2.16. The van der Waals surface area contributed by atoms with Crippen LogP contribution in [0.25, 0.3) is 0 Å². The van der Waals surface area contributed by atoms with E-state index in [0.29, 0.717) is 29.8 Å². The van der Waals surface area contributed by atoms with Crippen molar-refractivity contribution in [3.05, 3.63) is 57.6 Å². The molecule has 0 amide bonds. The zero-order valence-corrected chi connectivity index (χ0v) is 16.5. The van der Waals surface area contributed by atoms with Gasteiger partial charge in [0.2, 0.25) is 0 Å². The predicted molar refractivity (Wildman–Crippen MR) is 106 cm³/mol. The third-order valence-corrected chi connectivity index (χ3v) is 5.06. The highest BCUT2D eigenvalue weighted by Gasteiger charge is 2.16. The van der Waals surface area contributed by atoms with E-state index in [0.717, 1.165) is 35.1 Å². The Morgan fingerprint density at radius 1 is 0.640 bits per heavy atom. The van der Waals surface area contributed by atoms with Crippen LogP contribution in [0.15, 0.2) is 24.3 Å². The Kier molecular flexibility index (Phi) is 6.16. The number of phenolic OH excluding ortho intramolecular Hbond substituents is 2. The minimum atomic E-state index is 0.374. The van der Waals surface area contributed by atoms with Gasteiger partial charge >= 0.3 is 0 Å². The fraction of sp³-hybridized carbons (Fsp3) is 0.478. The number of rotatable bonds is 6. The molecule has 2 aromatic carbocycles. The van der Waals surface area contributed by atoms with Gasteiger partial charge in [-0.3, -0.25) is 0 Å². The van der Waals surface area contributed by atoms with Crippen LogP contribution in [-0.4, -0.2) is 10.2 Å². The van der Waals surface area contributed by atoms with Gasteiger partial charge in [-0.1, -0.05) is 65.8 Å². The third-order valence-electron chi connectivity index (χ3n) is 5.06. The van der Waals surface area contributed by atoms with Gasteiger partial charge in [0.15, 0.2) is 0 Å². The lowest BCUT2D eigenvalue weighted by molar-refractivity contribution is 0.455. The van der Waals surface area contributed by atoms with Gasteiger partial charge in [-0.15, -0.1) is 0 Å². The van der Waals surface area contributed by atoms with Gasteiger partial charge in [0.25, 0.3) is 0 Å². The van der Waals surface area contributed by atoms with Crippen LogP contribution in [0.1, 0.15) is 86.8 Å². The molecule has 2 nitrogen and oxygen atoms in total. The van der Waals surface area contributed by atoms with E-state index >= 15 is 0 Å². The quantitative estimate of drug-likeness (QED) is 0.671. The molecule has 0 aliphatic heterocycles. The number of benzene rings is 2. The third kappa shape index (κ3) is 4.18. The summed E-state index contributed by atoms with van der Waals surface area (Å²) in [6.45, 7) is 12.8. The molecule has 2 rings (SSSR count). The van der Waals surface area contributed by atoms with E-state index < -0.39 is 0 Å². The molecule has 0 spiro atoms. The second-order valence-electron chi connectivity index (χ2n) is 7.57. The second-order valence-corrected chi connectivity index (χ2v) is 7.57. The zero-order valence-electron chi connectivity index (χ0n) is 16.5. The van der Waals surface area contributed by atoms with Crippen LogP contribution in [0.5, 0.6) is 11.5 Å². The summed E-state index contributed by atoms with van der Waals surface area (Å²) in [5.74, 6) is 1.57. The first-order chi connectivity index (χ1) is 11.8. The molecule has 0 unspecified atom stereocenters. The van der Waals surface area contributed by atoms with Crippen LogP contribution in [0.3, 0.4) is 0 Å². The van der Waals surface area contributed by atoms with E-state index in [1.807, 2.05) is 0 Å². The summed E-state index contributed by atoms with van der Waals surface area (Å²) in [6, 6.07) is 8.38. The molecule has 25 heavy (non-hydrogen) atoms. The molecule has 0 bridgehead atoms. The molecule has 0 saturated heterocycles. The normalized spacial score (nSPS) is 11.5. The maximum Gasteiger partial charge on any atom is 0.122 e. The van der Waals surface area contributed by atoms with Crippen LogP contribution in [0, 0.1) is 0 Å². The lowest BCUT2D eigenvalue weighted by Gasteiger charge is -2.17. The first-order valence-corrected chi connectivity index (χ1v) is 9.47. The fourth-order valence-electron chi connectivity index (χ4n) is 3.25. The van der Waals surface area contributed by atoms with Gasteiger partial charge in [-0.05, 0) is 58.1 Å². The number of hydrogen-bond donors (Lipinski definition) is 2. The first kappa shape index (κ1) is 19.4. The average Bonchev–Trinajstić information content (AvgIpc) is 2.57. The lowest BCUT2D eigenvalue weighted by atomic mass is 9.90. The number of aryl methyl sites for hydroxylation is 2. The molecule has 0 atom stereocenters. The SMILES string of the molecule is CCc1cc(C(C)C)cc(Cc2cc(C(C)C)cc(CC)c2O)c1O.